The molecule has 1 aliphatic heterocycles. The Balaban J connectivity index is 2.21. The van der Waals surface area contributed by atoms with Crippen LogP contribution < -0.4 is 0 Å². The zero-order valence-corrected chi connectivity index (χ0v) is 13.9. The molecule has 21 heavy (non-hydrogen) atoms. The first-order valence-electron chi connectivity index (χ1n) is 7.07. The van der Waals surface area contributed by atoms with Crippen LogP contribution in [0.5, 0.6) is 0 Å². The average Bonchev–Trinajstić information content (AvgIpc) is 2.68. The van der Waals surface area contributed by atoms with Crippen LogP contribution in [0.1, 0.15) is 31.4 Å². The maximum Gasteiger partial charge on any atom is 0.0585 e. The van der Waals surface area contributed by atoms with E-state index in [1.165, 1.54) is 11.1 Å². The van der Waals surface area contributed by atoms with Crippen molar-refractivity contribution >= 4 is 21.1 Å². The predicted octanol–water partition coefficient (Wildman–Crippen LogP) is 3.75. The SMILES string of the molecule is C=C(C)CS(=C)(=O)CC1=C(C)CC(c2cccc(C)c2)=N1. The fraction of sp³-hybridized carbons (Fsp3) is 0.333. The quantitative estimate of drug-likeness (QED) is 0.601. The molecule has 0 aromatic heterocycles. The van der Waals surface area contributed by atoms with E-state index < -0.39 is 9.52 Å². The van der Waals surface area contributed by atoms with E-state index in [1.54, 1.807) is 0 Å². The molecule has 0 saturated carbocycles. The van der Waals surface area contributed by atoms with Crippen molar-refractivity contribution in [2.75, 3.05) is 11.5 Å². The van der Waals surface area contributed by atoms with Crippen molar-refractivity contribution in [1.82, 2.24) is 0 Å². The summed E-state index contributed by atoms with van der Waals surface area (Å²) in [6.07, 6.45) is 0.835. The molecule has 1 aromatic carbocycles. The van der Waals surface area contributed by atoms with Crippen LogP contribution in [0, 0.1) is 6.92 Å². The lowest BCUT2D eigenvalue weighted by molar-refractivity contribution is 0.683. The number of benzene rings is 1. The van der Waals surface area contributed by atoms with Crippen LogP contribution in [0.25, 0.3) is 0 Å². The molecule has 1 unspecified atom stereocenters. The van der Waals surface area contributed by atoms with E-state index in [0.29, 0.717) is 11.5 Å². The van der Waals surface area contributed by atoms with Crippen molar-refractivity contribution < 1.29 is 4.21 Å². The summed E-state index contributed by atoms with van der Waals surface area (Å²) in [4.78, 5) is 4.72. The molecule has 3 heteroatoms. The molecular formula is C18H23NOS. The Bertz CT molecular complexity index is 736. The molecule has 1 atom stereocenters. The predicted molar refractivity (Wildman–Crippen MR) is 94.8 cm³/mol. The Kier molecular flexibility index (Phi) is 4.52. The highest BCUT2D eigenvalue weighted by Crippen LogP contribution is 2.25. The van der Waals surface area contributed by atoms with E-state index in [9.17, 15) is 4.21 Å². The molecule has 0 radical (unpaired) electrons. The number of aliphatic imine (C=N–C) groups is 1. The third kappa shape index (κ3) is 4.18. The Morgan fingerprint density at radius 2 is 2.10 bits per heavy atom. The minimum absolute atomic E-state index is 0.445. The maximum atomic E-state index is 12.5. The minimum atomic E-state index is -2.18. The summed E-state index contributed by atoms with van der Waals surface area (Å²) in [5, 5.41) is 0. The molecule has 2 nitrogen and oxygen atoms in total. The van der Waals surface area contributed by atoms with Crippen LogP contribution in [0.15, 0.2) is 52.7 Å². The molecule has 0 amide bonds. The third-order valence-corrected chi connectivity index (χ3v) is 5.27. The van der Waals surface area contributed by atoms with Gasteiger partial charge in [-0.05, 0) is 47.3 Å². The fourth-order valence-corrected chi connectivity index (χ4v) is 4.36. The second-order valence-corrected chi connectivity index (χ2v) is 8.55. The molecule has 1 aromatic rings. The topological polar surface area (TPSA) is 29.4 Å². The van der Waals surface area contributed by atoms with E-state index >= 15 is 0 Å². The van der Waals surface area contributed by atoms with Gasteiger partial charge in [0.15, 0.2) is 0 Å². The van der Waals surface area contributed by atoms with Crippen molar-refractivity contribution in [2.45, 2.75) is 27.2 Å². The number of aryl methyl sites for hydroxylation is 1. The van der Waals surface area contributed by atoms with Gasteiger partial charge in [0, 0.05) is 12.2 Å². The van der Waals surface area contributed by atoms with Gasteiger partial charge in [-0.15, -0.1) is 0 Å². The van der Waals surface area contributed by atoms with Crippen molar-refractivity contribution in [3.63, 3.8) is 0 Å². The maximum absolute atomic E-state index is 12.5. The summed E-state index contributed by atoms with van der Waals surface area (Å²) in [5.41, 5.74) is 6.49. The zero-order valence-electron chi connectivity index (χ0n) is 13.1. The summed E-state index contributed by atoms with van der Waals surface area (Å²) in [5.74, 6) is 4.80. The van der Waals surface area contributed by atoms with Gasteiger partial charge in [0.2, 0.25) is 0 Å². The molecule has 1 heterocycles. The number of nitrogens with zero attached hydrogens (tertiary/aromatic N) is 1. The molecule has 0 saturated heterocycles. The lowest BCUT2D eigenvalue weighted by atomic mass is 10.0. The van der Waals surface area contributed by atoms with Gasteiger partial charge in [0.25, 0.3) is 0 Å². The van der Waals surface area contributed by atoms with Crippen molar-refractivity contribution in [2.24, 2.45) is 4.99 Å². The van der Waals surface area contributed by atoms with Gasteiger partial charge in [-0.25, -0.2) is 0 Å². The van der Waals surface area contributed by atoms with Gasteiger partial charge >= 0.3 is 0 Å². The highest BCUT2D eigenvalue weighted by molar-refractivity contribution is 8.00. The van der Waals surface area contributed by atoms with E-state index in [-0.39, 0.29) is 0 Å². The minimum Gasteiger partial charge on any atom is -0.267 e. The smallest absolute Gasteiger partial charge is 0.0585 e. The Morgan fingerprint density at radius 1 is 1.38 bits per heavy atom. The summed E-state index contributed by atoms with van der Waals surface area (Å²) in [6, 6.07) is 8.35. The normalized spacial score (nSPS) is 17.6. The molecule has 2 rings (SSSR count). The first kappa shape index (κ1) is 15.8. The van der Waals surface area contributed by atoms with E-state index in [2.05, 4.69) is 44.5 Å². The van der Waals surface area contributed by atoms with Crippen molar-refractivity contribution in [3.05, 3.63) is 58.8 Å². The lowest BCUT2D eigenvalue weighted by Crippen LogP contribution is -2.12. The van der Waals surface area contributed by atoms with Crippen LogP contribution in [0.4, 0.5) is 0 Å². The number of hydrogen-bond donors (Lipinski definition) is 0. The summed E-state index contributed by atoms with van der Waals surface area (Å²) >= 11 is 0. The largest absolute Gasteiger partial charge is 0.267 e. The van der Waals surface area contributed by atoms with Gasteiger partial charge in [0.1, 0.15) is 0 Å². The van der Waals surface area contributed by atoms with Gasteiger partial charge in [0.05, 0.1) is 17.2 Å². The van der Waals surface area contributed by atoms with Gasteiger partial charge in [-0.3, -0.25) is 9.20 Å². The molecule has 0 fully saturated rings. The molecule has 0 aliphatic carbocycles. The lowest BCUT2D eigenvalue weighted by Gasteiger charge is -2.09. The molecule has 1 aliphatic rings. The second kappa shape index (κ2) is 6.02. The average molecular weight is 301 g/mol. The first-order chi connectivity index (χ1) is 9.77. The first-order valence-corrected chi connectivity index (χ1v) is 9.13. The Labute approximate surface area is 128 Å². The summed E-state index contributed by atoms with van der Waals surface area (Å²) < 4.78 is 12.5. The highest BCUT2D eigenvalue weighted by atomic mass is 32.2. The Hall–Kier alpha value is -1.61. The van der Waals surface area contributed by atoms with E-state index in [4.69, 9.17) is 4.99 Å². The van der Waals surface area contributed by atoms with Crippen LogP contribution in [-0.4, -0.2) is 27.3 Å². The molecule has 112 valence electrons. The standard InChI is InChI=1S/C18H23NOS/c1-13(2)11-21(5,20)12-18-15(4)10-17(19-18)16-8-6-7-14(3)9-16/h6-9H,1,5,10-12H2,2-4H3. The van der Waals surface area contributed by atoms with Crippen LogP contribution in [0.2, 0.25) is 0 Å². The van der Waals surface area contributed by atoms with Gasteiger partial charge < -0.3 is 0 Å². The van der Waals surface area contributed by atoms with Crippen LogP contribution >= 0.6 is 0 Å². The fourth-order valence-electron chi connectivity index (χ4n) is 2.55. The second-order valence-electron chi connectivity index (χ2n) is 6.04. The number of allylic oxidation sites excluding steroid dienone is 1. The summed E-state index contributed by atoms with van der Waals surface area (Å²) in [6.45, 7) is 9.87. The van der Waals surface area contributed by atoms with Crippen LogP contribution in [0.3, 0.4) is 0 Å². The molecule has 0 spiro atoms. The Morgan fingerprint density at radius 3 is 2.71 bits per heavy atom. The highest BCUT2D eigenvalue weighted by Gasteiger charge is 2.19. The summed E-state index contributed by atoms with van der Waals surface area (Å²) in [7, 11) is -2.18. The monoisotopic (exact) mass is 301 g/mol. The van der Waals surface area contributed by atoms with Crippen molar-refractivity contribution in [3.8, 4) is 0 Å². The third-order valence-electron chi connectivity index (χ3n) is 3.46. The van der Waals surface area contributed by atoms with Crippen LogP contribution in [-0.2, 0) is 9.52 Å². The molecule has 0 bridgehead atoms. The van der Waals surface area contributed by atoms with E-state index in [0.717, 1.165) is 29.0 Å². The van der Waals surface area contributed by atoms with Gasteiger partial charge in [-0.2, -0.15) is 0 Å². The van der Waals surface area contributed by atoms with Crippen molar-refractivity contribution in [1.29, 1.82) is 0 Å². The molecular weight excluding hydrogens is 278 g/mol. The van der Waals surface area contributed by atoms with Gasteiger partial charge in [-0.1, -0.05) is 42.0 Å². The number of rotatable bonds is 5. The number of hydrogen-bond acceptors (Lipinski definition) is 2. The van der Waals surface area contributed by atoms with E-state index in [1.807, 2.05) is 13.0 Å². The molecule has 0 N–H and O–H groups in total. The zero-order chi connectivity index (χ0) is 15.6.